The molecule has 1 aromatic rings. The van der Waals surface area contributed by atoms with Gasteiger partial charge in [0.25, 0.3) is 0 Å². The van der Waals surface area contributed by atoms with Gasteiger partial charge >= 0.3 is 0 Å². The summed E-state index contributed by atoms with van der Waals surface area (Å²) in [6, 6.07) is 6.31. The third-order valence-electron chi connectivity index (χ3n) is 2.34. The third-order valence-corrected chi connectivity index (χ3v) is 2.83. The van der Waals surface area contributed by atoms with Crippen LogP contribution in [0.15, 0.2) is 22.7 Å². The minimum atomic E-state index is 0.120. The molecule has 2 rings (SSSR count). The Morgan fingerprint density at radius 1 is 1.46 bits per heavy atom. The summed E-state index contributed by atoms with van der Waals surface area (Å²) in [5.41, 5.74) is 8.45. The predicted octanol–water partition coefficient (Wildman–Crippen LogP) is 2.37. The summed E-state index contributed by atoms with van der Waals surface area (Å²) < 4.78 is 6.52. The molecular formula is C10H12BrNO. The van der Waals surface area contributed by atoms with Crippen molar-refractivity contribution in [1.82, 2.24) is 0 Å². The largest absolute Gasteiger partial charge is 0.377 e. The first-order valence-electron chi connectivity index (χ1n) is 4.39. The van der Waals surface area contributed by atoms with Gasteiger partial charge in [0, 0.05) is 17.1 Å². The Kier molecular flexibility index (Phi) is 2.67. The van der Waals surface area contributed by atoms with Gasteiger partial charge in [-0.2, -0.15) is 0 Å². The maximum atomic E-state index is 6.01. The van der Waals surface area contributed by atoms with Crippen molar-refractivity contribution in [2.75, 3.05) is 6.61 Å². The number of halogens is 1. The lowest BCUT2D eigenvalue weighted by atomic mass is 10.0. The first-order chi connectivity index (χ1) is 6.27. The first-order valence-corrected chi connectivity index (χ1v) is 5.18. The minimum Gasteiger partial charge on any atom is -0.377 e. The number of benzene rings is 1. The standard InChI is InChI=1S/C10H12BrNO/c11-8-2-1-7-6-13-4-3-10(12)9(7)5-8/h1-2,5,10H,3-4,6,12H2. The number of hydrogen-bond acceptors (Lipinski definition) is 2. The van der Waals surface area contributed by atoms with Crippen molar-refractivity contribution in [3.05, 3.63) is 33.8 Å². The van der Waals surface area contributed by atoms with Crippen LogP contribution >= 0.6 is 15.9 Å². The van der Waals surface area contributed by atoms with Gasteiger partial charge < -0.3 is 10.5 Å². The normalized spacial score (nSPS) is 22.2. The van der Waals surface area contributed by atoms with E-state index >= 15 is 0 Å². The van der Waals surface area contributed by atoms with Crippen LogP contribution < -0.4 is 5.73 Å². The van der Waals surface area contributed by atoms with Crippen LogP contribution in [0, 0.1) is 0 Å². The maximum absolute atomic E-state index is 6.01. The van der Waals surface area contributed by atoms with Crippen LogP contribution in [0.3, 0.4) is 0 Å². The Morgan fingerprint density at radius 3 is 3.15 bits per heavy atom. The zero-order chi connectivity index (χ0) is 9.26. The fraction of sp³-hybridized carbons (Fsp3) is 0.400. The second-order valence-corrected chi connectivity index (χ2v) is 4.21. The van der Waals surface area contributed by atoms with Crippen LogP contribution in [0.2, 0.25) is 0 Å². The molecule has 1 unspecified atom stereocenters. The number of rotatable bonds is 0. The molecule has 70 valence electrons. The van der Waals surface area contributed by atoms with E-state index in [4.69, 9.17) is 10.5 Å². The van der Waals surface area contributed by atoms with Gasteiger partial charge in [0.05, 0.1) is 6.61 Å². The van der Waals surface area contributed by atoms with E-state index in [1.54, 1.807) is 0 Å². The van der Waals surface area contributed by atoms with E-state index in [0.29, 0.717) is 6.61 Å². The SMILES string of the molecule is NC1CCOCc2ccc(Br)cc21. The van der Waals surface area contributed by atoms with Gasteiger partial charge in [-0.3, -0.25) is 0 Å². The number of nitrogens with two attached hydrogens (primary N) is 1. The quantitative estimate of drug-likeness (QED) is 0.758. The molecule has 0 fully saturated rings. The summed E-state index contributed by atoms with van der Waals surface area (Å²) in [5.74, 6) is 0. The smallest absolute Gasteiger partial charge is 0.0720 e. The van der Waals surface area contributed by atoms with Crippen LogP contribution in [0.5, 0.6) is 0 Å². The van der Waals surface area contributed by atoms with Crippen LogP contribution in [-0.4, -0.2) is 6.61 Å². The first kappa shape index (κ1) is 9.19. The van der Waals surface area contributed by atoms with E-state index in [1.165, 1.54) is 11.1 Å². The molecule has 1 heterocycles. The summed E-state index contributed by atoms with van der Waals surface area (Å²) in [5, 5.41) is 0. The molecule has 1 aliphatic heterocycles. The summed E-state index contributed by atoms with van der Waals surface area (Å²) in [4.78, 5) is 0. The van der Waals surface area contributed by atoms with E-state index in [-0.39, 0.29) is 6.04 Å². The van der Waals surface area contributed by atoms with Gasteiger partial charge in [-0.1, -0.05) is 22.0 Å². The molecule has 3 heteroatoms. The summed E-state index contributed by atoms with van der Waals surface area (Å²) in [6.07, 6.45) is 0.906. The lowest BCUT2D eigenvalue weighted by Gasteiger charge is -2.11. The van der Waals surface area contributed by atoms with Crippen molar-refractivity contribution < 1.29 is 4.74 Å². The van der Waals surface area contributed by atoms with E-state index in [0.717, 1.165) is 17.5 Å². The van der Waals surface area contributed by atoms with Gasteiger partial charge in [-0.15, -0.1) is 0 Å². The number of ether oxygens (including phenoxy) is 1. The topological polar surface area (TPSA) is 35.2 Å². The molecule has 0 saturated heterocycles. The molecule has 1 aromatic carbocycles. The zero-order valence-electron chi connectivity index (χ0n) is 7.29. The molecule has 0 aromatic heterocycles. The third kappa shape index (κ3) is 1.93. The van der Waals surface area contributed by atoms with E-state index in [2.05, 4.69) is 28.1 Å². The van der Waals surface area contributed by atoms with Crippen molar-refractivity contribution in [3.63, 3.8) is 0 Å². The van der Waals surface area contributed by atoms with Gasteiger partial charge in [-0.05, 0) is 29.7 Å². The van der Waals surface area contributed by atoms with Crippen LogP contribution in [-0.2, 0) is 11.3 Å². The van der Waals surface area contributed by atoms with Gasteiger partial charge in [0.2, 0.25) is 0 Å². The summed E-state index contributed by atoms with van der Waals surface area (Å²) in [7, 11) is 0. The van der Waals surface area contributed by atoms with E-state index in [1.807, 2.05) is 6.07 Å². The minimum absolute atomic E-state index is 0.120. The van der Waals surface area contributed by atoms with Crippen molar-refractivity contribution in [2.24, 2.45) is 5.73 Å². The highest BCUT2D eigenvalue weighted by Gasteiger charge is 2.15. The Bertz CT molecular complexity index is 314. The highest BCUT2D eigenvalue weighted by molar-refractivity contribution is 9.10. The average molecular weight is 242 g/mol. The Morgan fingerprint density at radius 2 is 2.31 bits per heavy atom. The Hall–Kier alpha value is -0.380. The van der Waals surface area contributed by atoms with Gasteiger partial charge in [-0.25, -0.2) is 0 Å². The highest BCUT2D eigenvalue weighted by atomic mass is 79.9. The van der Waals surface area contributed by atoms with Crippen LogP contribution in [0.25, 0.3) is 0 Å². The van der Waals surface area contributed by atoms with Crippen LogP contribution in [0.4, 0.5) is 0 Å². The molecule has 0 spiro atoms. The second-order valence-electron chi connectivity index (χ2n) is 3.29. The van der Waals surface area contributed by atoms with Crippen molar-refractivity contribution >= 4 is 15.9 Å². The fourth-order valence-electron chi connectivity index (χ4n) is 1.59. The van der Waals surface area contributed by atoms with Crippen molar-refractivity contribution in [2.45, 2.75) is 19.1 Å². The molecular weight excluding hydrogens is 230 g/mol. The van der Waals surface area contributed by atoms with Gasteiger partial charge in [0.15, 0.2) is 0 Å². The van der Waals surface area contributed by atoms with Crippen molar-refractivity contribution in [3.8, 4) is 0 Å². The summed E-state index contributed by atoms with van der Waals surface area (Å²) >= 11 is 3.45. The van der Waals surface area contributed by atoms with E-state index < -0.39 is 0 Å². The lowest BCUT2D eigenvalue weighted by Crippen LogP contribution is -2.11. The summed E-state index contributed by atoms with van der Waals surface area (Å²) in [6.45, 7) is 1.45. The molecule has 0 saturated carbocycles. The molecule has 2 N–H and O–H groups in total. The Labute approximate surface area is 86.2 Å². The molecule has 0 amide bonds. The van der Waals surface area contributed by atoms with E-state index in [9.17, 15) is 0 Å². The zero-order valence-corrected chi connectivity index (χ0v) is 8.88. The van der Waals surface area contributed by atoms with Crippen LogP contribution in [0.1, 0.15) is 23.6 Å². The molecule has 0 bridgehead atoms. The molecule has 0 radical (unpaired) electrons. The molecule has 0 aliphatic carbocycles. The lowest BCUT2D eigenvalue weighted by molar-refractivity contribution is 0.122. The molecule has 1 atom stereocenters. The second kappa shape index (κ2) is 3.78. The molecule has 1 aliphatic rings. The number of fused-ring (bicyclic) bond motifs is 1. The predicted molar refractivity (Wildman–Crippen MR) is 55.3 cm³/mol. The van der Waals surface area contributed by atoms with Gasteiger partial charge in [0.1, 0.15) is 0 Å². The number of hydrogen-bond donors (Lipinski definition) is 1. The molecule has 13 heavy (non-hydrogen) atoms. The monoisotopic (exact) mass is 241 g/mol. The maximum Gasteiger partial charge on any atom is 0.0720 e. The molecule has 2 nitrogen and oxygen atoms in total. The average Bonchev–Trinajstić information content (AvgIpc) is 2.29. The fourth-order valence-corrected chi connectivity index (χ4v) is 1.97. The Balaban J connectivity index is 2.43. The van der Waals surface area contributed by atoms with Crippen molar-refractivity contribution in [1.29, 1.82) is 0 Å². The highest BCUT2D eigenvalue weighted by Crippen LogP contribution is 2.26.